The largest absolute Gasteiger partial charge is 0.497 e. The van der Waals surface area contributed by atoms with E-state index >= 15 is 0 Å². The van der Waals surface area contributed by atoms with Gasteiger partial charge in [-0.3, -0.25) is 4.79 Å². The minimum absolute atomic E-state index is 0.195. The molecule has 1 atom stereocenters. The van der Waals surface area contributed by atoms with Crippen LogP contribution in [-0.4, -0.2) is 51.8 Å². The number of methoxy groups -OCH3 is 1. The van der Waals surface area contributed by atoms with E-state index in [1.807, 2.05) is 12.1 Å². The second-order valence-corrected chi connectivity index (χ2v) is 7.43. The molecule has 1 aromatic carbocycles. The highest BCUT2D eigenvalue weighted by Gasteiger charge is 2.22. The monoisotopic (exact) mass is 362 g/mol. The molecule has 2 N–H and O–H groups in total. The zero-order valence-electron chi connectivity index (χ0n) is 16.7. The smallest absolute Gasteiger partial charge is 0.275 e. The first kappa shape index (κ1) is 20.6. The molecule has 0 radical (unpaired) electrons. The van der Waals surface area contributed by atoms with Crippen LogP contribution in [0.5, 0.6) is 5.75 Å². The van der Waals surface area contributed by atoms with Crippen LogP contribution in [0, 0.1) is 0 Å². The van der Waals surface area contributed by atoms with Gasteiger partial charge in [-0.2, -0.15) is 0 Å². The molecule has 1 aromatic rings. The highest BCUT2D eigenvalue weighted by Crippen LogP contribution is 2.18. The Morgan fingerprint density at radius 3 is 2.50 bits per heavy atom. The summed E-state index contributed by atoms with van der Waals surface area (Å²) in [7, 11) is 1.69. The molecule has 5 nitrogen and oxygen atoms in total. The van der Waals surface area contributed by atoms with E-state index < -0.39 is 0 Å². The average molecular weight is 363 g/mol. The lowest BCUT2D eigenvalue weighted by molar-refractivity contribution is -0.892. The molecule has 0 bridgehead atoms. The summed E-state index contributed by atoms with van der Waals surface area (Å²) in [5.74, 6) is 1.08. The van der Waals surface area contributed by atoms with E-state index in [9.17, 15) is 4.79 Å². The van der Waals surface area contributed by atoms with E-state index in [4.69, 9.17) is 4.74 Å². The van der Waals surface area contributed by atoms with Gasteiger partial charge in [-0.15, -0.1) is 0 Å². The van der Waals surface area contributed by atoms with Crippen molar-refractivity contribution in [3.8, 4) is 5.75 Å². The molecule has 0 unspecified atom stereocenters. The van der Waals surface area contributed by atoms with Crippen molar-refractivity contribution in [2.75, 3.05) is 44.7 Å². The number of nitrogens with one attached hydrogen (secondary N) is 2. The van der Waals surface area contributed by atoms with Crippen LogP contribution in [0.2, 0.25) is 0 Å². The van der Waals surface area contributed by atoms with Crippen LogP contribution in [0.3, 0.4) is 0 Å². The van der Waals surface area contributed by atoms with Crippen molar-refractivity contribution in [3.63, 3.8) is 0 Å². The summed E-state index contributed by atoms with van der Waals surface area (Å²) in [5.41, 5.74) is 1.23. The van der Waals surface area contributed by atoms with Crippen molar-refractivity contribution in [1.29, 1.82) is 0 Å². The highest BCUT2D eigenvalue weighted by molar-refractivity contribution is 5.77. The number of ether oxygens (including phenoxy) is 1. The number of amides is 1. The molecule has 1 saturated heterocycles. The molecule has 1 amide bonds. The van der Waals surface area contributed by atoms with Crippen LogP contribution in [-0.2, 0) is 4.79 Å². The Morgan fingerprint density at radius 1 is 1.19 bits per heavy atom. The number of carbonyl (C=O) groups is 1. The van der Waals surface area contributed by atoms with Gasteiger partial charge in [0, 0.05) is 11.7 Å². The highest BCUT2D eigenvalue weighted by atomic mass is 16.5. The van der Waals surface area contributed by atoms with E-state index in [1.165, 1.54) is 36.3 Å². The molecule has 2 rings (SSSR count). The number of quaternary nitrogens is 1. The number of carbonyl (C=O) groups excluding carboxylic acids is 1. The number of hydrogen-bond acceptors (Lipinski definition) is 3. The second kappa shape index (κ2) is 11.1. The maximum absolute atomic E-state index is 12.3. The van der Waals surface area contributed by atoms with Crippen LogP contribution >= 0.6 is 0 Å². The third-order valence-electron chi connectivity index (χ3n) is 5.22. The zero-order valence-corrected chi connectivity index (χ0v) is 16.7. The van der Waals surface area contributed by atoms with Crippen LogP contribution in [0.25, 0.3) is 0 Å². The first-order chi connectivity index (χ1) is 12.6. The van der Waals surface area contributed by atoms with Crippen molar-refractivity contribution in [3.05, 3.63) is 24.3 Å². The molecule has 26 heavy (non-hydrogen) atoms. The predicted octanol–water partition coefficient (Wildman–Crippen LogP) is 1.88. The van der Waals surface area contributed by atoms with Crippen molar-refractivity contribution in [1.82, 2.24) is 5.32 Å². The van der Waals surface area contributed by atoms with Gasteiger partial charge in [-0.05, 0) is 37.6 Å². The molecule has 5 heteroatoms. The van der Waals surface area contributed by atoms with Gasteiger partial charge in [0.05, 0.1) is 33.3 Å². The predicted molar refractivity (Wildman–Crippen MR) is 107 cm³/mol. The summed E-state index contributed by atoms with van der Waals surface area (Å²) in [6.45, 7) is 8.93. The Balaban J connectivity index is 1.66. The maximum Gasteiger partial charge on any atom is 0.275 e. The molecule has 1 aliphatic heterocycles. The van der Waals surface area contributed by atoms with Gasteiger partial charge >= 0.3 is 0 Å². The van der Waals surface area contributed by atoms with Gasteiger partial charge in [0.15, 0.2) is 6.54 Å². The number of hydrogen-bond donors (Lipinski definition) is 2. The molecular formula is C21H36N3O2+. The second-order valence-electron chi connectivity index (χ2n) is 7.43. The summed E-state index contributed by atoms with van der Waals surface area (Å²) in [5, 5.41) is 3.17. The first-order valence-corrected chi connectivity index (χ1v) is 10.1. The number of unbranched alkanes of at least 4 members (excludes halogenated alkanes) is 3. The summed E-state index contributed by atoms with van der Waals surface area (Å²) >= 11 is 0. The van der Waals surface area contributed by atoms with E-state index in [0.717, 1.165) is 38.3 Å². The third kappa shape index (κ3) is 6.87. The number of piperazine rings is 1. The molecule has 0 aromatic heterocycles. The fourth-order valence-electron chi connectivity index (χ4n) is 3.55. The fourth-order valence-corrected chi connectivity index (χ4v) is 3.55. The fraction of sp³-hybridized carbons (Fsp3) is 0.667. The maximum atomic E-state index is 12.3. The molecule has 0 aliphatic carbocycles. The standard InChI is InChI=1S/C21H35N3O2/c1-4-5-6-7-8-18(2)22-21(25)17-23-13-15-24(16-14-23)19-9-11-20(26-3)12-10-19/h9-12,18H,4-8,13-17H2,1-3H3,(H,22,25)/p+1/t18-/m0/s1. The first-order valence-electron chi connectivity index (χ1n) is 10.1. The Morgan fingerprint density at radius 2 is 1.88 bits per heavy atom. The molecular weight excluding hydrogens is 326 g/mol. The molecule has 0 saturated carbocycles. The van der Waals surface area contributed by atoms with Crippen LogP contribution in [0.15, 0.2) is 24.3 Å². The number of rotatable bonds is 10. The minimum atomic E-state index is 0.195. The van der Waals surface area contributed by atoms with Crippen LogP contribution < -0.4 is 19.9 Å². The summed E-state index contributed by atoms with van der Waals surface area (Å²) in [4.78, 5) is 16.0. The summed E-state index contributed by atoms with van der Waals surface area (Å²) in [6, 6.07) is 8.51. The minimum Gasteiger partial charge on any atom is -0.497 e. The molecule has 1 heterocycles. The van der Waals surface area contributed by atoms with Crippen LogP contribution in [0.1, 0.15) is 46.0 Å². The quantitative estimate of drug-likeness (QED) is 0.625. The molecule has 0 spiro atoms. The van der Waals surface area contributed by atoms with Gasteiger partial charge in [-0.1, -0.05) is 32.6 Å². The summed E-state index contributed by atoms with van der Waals surface area (Å²) in [6.07, 6.45) is 6.13. The van der Waals surface area contributed by atoms with Crippen molar-refractivity contribution in [2.24, 2.45) is 0 Å². The van der Waals surface area contributed by atoms with Gasteiger partial charge in [0.1, 0.15) is 5.75 Å². The van der Waals surface area contributed by atoms with Crippen molar-refractivity contribution < 1.29 is 14.4 Å². The Labute approximate surface area is 158 Å². The van der Waals surface area contributed by atoms with Gasteiger partial charge in [-0.25, -0.2) is 0 Å². The van der Waals surface area contributed by atoms with Crippen molar-refractivity contribution >= 4 is 11.6 Å². The normalized spacial score (nSPS) is 16.3. The SMILES string of the molecule is CCCCCC[C@H](C)NC(=O)C[NH+]1CCN(c2ccc(OC)cc2)CC1. The van der Waals surface area contributed by atoms with E-state index in [-0.39, 0.29) is 5.91 Å². The van der Waals surface area contributed by atoms with Crippen LogP contribution in [0.4, 0.5) is 5.69 Å². The third-order valence-corrected chi connectivity index (χ3v) is 5.22. The molecule has 146 valence electrons. The number of anilines is 1. The lowest BCUT2D eigenvalue weighted by Crippen LogP contribution is -3.16. The molecule has 1 aliphatic rings. The Kier molecular flexibility index (Phi) is 8.75. The topological polar surface area (TPSA) is 46.0 Å². The zero-order chi connectivity index (χ0) is 18.8. The van der Waals surface area contributed by atoms with E-state index in [0.29, 0.717) is 12.6 Å². The van der Waals surface area contributed by atoms with Gasteiger partial charge < -0.3 is 19.9 Å². The molecule has 1 fully saturated rings. The number of nitrogens with zero attached hydrogens (tertiary/aromatic N) is 1. The van der Waals surface area contributed by atoms with E-state index in [2.05, 4.69) is 36.2 Å². The van der Waals surface area contributed by atoms with Gasteiger partial charge in [0.2, 0.25) is 0 Å². The number of benzene rings is 1. The summed E-state index contributed by atoms with van der Waals surface area (Å²) < 4.78 is 5.22. The van der Waals surface area contributed by atoms with Gasteiger partial charge in [0.25, 0.3) is 5.91 Å². The lowest BCUT2D eigenvalue weighted by atomic mass is 10.1. The Bertz CT molecular complexity index is 525. The van der Waals surface area contributed by atoms with Crippen molar-refractivity contribution in [2.45, 2.75) is 52.0 Å². The average Bonchev–Trinajstić information content (AvgIpc) is 2.66. The lowest BCUT2D eigenvalue weighted by Gasteiger charge is -2.33. The Hall–Kier alpha value is -1.75. The van der Waals surface area contributed by atoms with E-state index in [1.54, 1.807) is 7.11 Å².